The van der Waals surface area contributed by atoms with Gasteiger partial charge in [0.25, 0.3) is 0 Å². The van der Waals surface area contributed by atoms with Crippen molar-refractivity contribution in [1.82, 2.24) is 9.88 Å². The molecule has 0 saturated carbocycles. The molecule has 0 aliphatic rings. The molecule has 0 radical (unpaired) electrons. The molecule has 0 aliphatic heterocycles. The SMILES string of the molecule is Cc1csc(=O)n1CCC(=O)N[C@@H](C)[C@@H](O)c1c(F)cccc1F. The summed E-state index contributed by atoms with van der Waals surface area (Å²) in [6, 6.07) is 2.40. The number of benzene rings is 1. The summed E-state index contributed by atoms with van der Waals surface area (Å²) in [6.45, 7) is 3.43. The lowest BCUT2D eigenvalue weighted by molar-refractivity contribution is -0.122. The van der Waals surface area contributed by atoms with Gasteiger partial charge in [-0.25, -0.2) is 8.78 Å². The number of aliphatic hydroxyl groups is 1. The number of hydrogen-bond acceptors (Lipinski definition) is 4. The number of thiazole rings is 1. The molecule has 130 valence electrons. The number of carbonyl (C=O) groups excluding carboxylic acids is 1. The minimum Gasteiger partial charge on any atom is -0.386 e. The second-order valence-corrected chi connectivity index (χ2v) is 6.30. The van der Waals surface area contributed by atoms with Crippen LogP contribution >= 0.6 is 11.3 Å². The Kier molecular flexibility index (Phi) is 5.84. The van der Waals surface area contributed by atoms with E-state index in [0.29, 0.717) is 0 Å². The first kappa shape index (κ1) is 18.3. The fourth-order valence-corrected chi connectivity index (χ4v) is 3.10. The predicted molar refractivity (Wildman–Crippen MR) is 86.9 cm³/mol. The first-order valence-electron chi connectivity index (χ1n) is 7.37. The van der Waals surface area contributed by atoms with Crippen LogP contribution in [0, 0.1) is 18.6 Å². The normalized spacial score (nSPS) is 13.5. The van der Waals surface area contributed by atoms with Crippen molar-refractivity contribution in [2.24, 2.45) is 0 Å². The summed E-state index contributed by atoms with van der Waals surface area (Å²) >= 11 is 1.05. The number of hydrogen-bond donors (Lipinski definition) is 2. The lowest BCUT2D eigenvalue weighted by atomic mass is 10.0. The standard InChI is InChI=1S/C16H18F2N2O3S/c1-9-8-24-16(23)20(9)7-6-13(21)19-10(2)15(22)14-11(17)4-3-5-12(14)18/h3-5,8,10,15,22H,6-7H2,1-2H3,(H,19,21)/t10-,15+/m0/s1. The van der Waals surface area contributed by atoms with Gasteiger partial charge in [0.05, 0.1) is 11.6 Å². The number of halogens is 2. The van der Waals surface area contributed by atoms with Crippen molar-refractivity contribution in [2.45, 2.75) is 39.0 Å². The van der Waals surface area contributed by atoms with Gasteiger partial charge in [-0.15, -0.1) is 0 Å². The van der Waals surface area contributed by atoms with Crippen LogP contribution in [0.2, 0.25) is 0 Å². The summed E-state index contributed by atoms with van der Waals surface area (Å²) in [7, 11) is 0. The summed E-state index contributed by atoms with van der Waals surface area (Å²) in [5, 5.41) is 14.3. The van der Waals surface area contributed by atoms with Gasteiger partial charge in [0.1, 0.15) is 17.7 Å². The minimum atomic E-state index is -1.51. The summed E-state index contributed by atoms with van der Waals surface area (Å²) in [6.07, 6.45) is -1.49. The molecule has 0 saturated heterocycles. The number of rotatable bonds is 6. The van der Waals surface area contributed by atoms with Gasteiger partial charge in [-0.3, -0.25) is 9.59 Å². The Morgan fingerprint density at radius 3 is 2.54 bits per heavy atom. The van der Waals surface area contributed by atoms with Gasteiger partial charge in [-0.2, -0.15) is 0 Å². The molecule has 1 amide bonds. The maximum absolute atomic E-state index is 13.7. The summed E-state index contributed by atoms with van der Waals surface area (Å²) in [5.41, 5.74) is 0.287. The third-order valence-corrected chi connectivity index (χ3v) is 4.58. The van der Waals surface area contributed by atoms with Crippen molar-refractivity contribution in [3.63, 3.8) is 0 Å². The van der Waals surface area contributed by atoms with Crippen LogP contribution in [-0.4, -0.2) is 21.6 Å². The molecule has 2 aromatic rings. The average Bonchev–Trinajstić information content (AvgIpc) is 2.83. The smallest absolute Gasteiger partial charge is 0.307 e. The molecule has 0 unspecified atom stereocenters. The van der Waals surface area contributed by atoms with Gasteiger partial charge >= 0.3 is 4.87 Å². The maximum Gasteiger partial charge on any atom is 0.307 e. The summed E-state index contributed by atoms with van der Waals surface area (Å²) in [4.78, 5) is 23.4. The van der Waals surface area contributed by atoms with Crippen LogP contribution in [0.25, 0.3) is 0 Å². The van der Waals surface area contributed by atoms with E-state index in [2.05, 4.69) is 5.32 Å². The largest absolute Gasteiger partial charge is 0.386 e. The van der Waals surface area contributed by atoms with Crippen molar-refractivity contribution in [3.05, 3.63) is 56.1 Å². The fourth-order valence-electron chi connectivity index (χ4n) is 2.34. The Morgan fingerprint density at radius 1 is 1.38 bits per heavy atom. The molecule has 1 aromatic carbocycles. The molecule has 0 bridgehead atoms. The molecular weight excluding hydrogens is 338 g/mol. The monoisotopic (exact) mass is 356 g/mol. The van der Waals surface area contributed by atoms with Crippen molar-refractivity contribution in [2.75, 3.05) is 0 Å². The van der Waals surface area contributed by atoms with Crippen LogP contribution < -0.4 is 10.2 Å². The van der Waals surface area contributed by atoms with Crippen molar-refractivity contribution < 1.29 is 18.7 Å². The number of aliphatic hydroxyl groups excluding tert-OH is 1. The zero-order chi connectivity index (χ0) is 17.9. The Labute approximate surface area is 141 Å². The van der Waals surface area contributed by atoms with Crippen LogP contribution in [0.3, 0.4) is 0 Å². The Morgan fingerprint density at radius 2 is 2.00 bits per heavy atom. The van der Waals surface area contributed by atoms with Gasteiger partial charge in [-0.05, 0) is 26.0 Å². The number of carbonyl (C=O) groups is 1. The van der Waals surface area contributed by atoms with Gasteiger partial charge in [0.2, 0.25) is 5.91 Å². The van der Waals surface area contributed by atoms with Crippen LogP contribution in [0.4, 0.5) is 8.78 Å². The van der Waals surface area contributed by atoms with E-state index in [1.165, 1.54) is 17.6 Å². The summed E-state index contributed by atoms with van der Waals surface area (Å²) in [5.74, 6) is -2.16. The van der Waals surface area contributed by atoms with E-state index in [-0.39, 0.29) is 17.8 Å². The van der Waals surface area contributed by atoms with Crippen LogP contribution in [0.15, 0.2) is 28.4 Å². The van der Waals surface area contributed by atoms with E-state index in [0.717, 1.165) is 29.2 Å². The van der Waals surface area contributed by atoms with E-state index in [1.54, 1.807) is 12.3 Å². The molecule has 2 rings (SSSR count). The lowest BCUT2D eigenvalue weighted by Gasteiger charge is -2.21. The fraction of sp³-hybridized carbons (Fsp3) is 0.375. The Balaban J connectivity index is 1.97. The molecule has 2 atom stereocenters. The van der Waals surface area contributed by atoms with Gasteiger partial charge < -0.3 is 15.0 Å². The van der Waals surface area contributed by atoms with Gasteiger partial charge in [0.15, 0.2) is 0 Å². The predicted octanol–water partition coefficient (Wildman–Crippen LogP) is 2.12. The van der Waals surface area contributed by atoms with Crippen molar-refractivity contribution in [1.29, 1.82) is 0 Å². The highest BCUT2D eigenvalue weighted by Gasteiger charge is 2.24. The summed E-state index contributed by atoms with van der Waals surface area (Å²) < 4.78 is 28.8. The van der Waals surface area contributed by atoms with Gasteiger partial charge in [0, 0.05) is 24.0 Å². The molecule has 1 heterocycles. The number of amides is 1. The molecular formula is C16H18F2N2O3S. The zero-order valence-corrected chi connectivity index (χ0v) is 14.1. The molecule has 8 heteroatoms. The van der Waals surface area contributed by atoms with Crippen molar-refractivity contribution in [3.8, 4) is 0 Å². The second-order valence-electron chi connectivity index (χ2n) is 5.48. The molecule has 1 aromatic heterocycles. The van der Waals surface area contributed by atoms with Crippen LogP contribution in [0.5, 0.6) is 0 Å². The van der Waals surface area contributed by atoms with Crippen LogP contribution in [0.1, 0.15) is 30.7 Å². The molecule has 0 fully saturated rings. The zero-order valence-electron chi connectivity index (χ0n) is 13.3. The highest BCUT2D eigenvalue weighted by Crippen LogP contribution is 2.23. The quantitative estimate of drug-likeness (QED) is 0.833. The first-order valence-corrected chi connectivity index (χ1v) is 8.25. The number of aromatic nitrogens is 1. The molecule has 24 heavy (non-hydrogen) atoms. The molecule has 2 N–H and O–H groups in total. The second kappa shape index (κ2) is 7.67. The first-order chi connectivity index (χ1) is 11.3. The highest BCUT2D eigenvalue weighted by molar-refractivity contribution is 7.07. The molecule has 0 spiro atoms. The van der Waals surface area contributed by atoms with E-state index >= 15 is 0 Å². The topological polar surface area (TPSA) is 71.3 Å². The molecule has 5 nitrogen and oxygen atoms in total. The maximum atomic E-state index is 13.7. The van der Waals surface area contributed by atoms with E-state index in [9.17, 15) is 23.5 Å². The third-order valence-electron chi connectivity index (χ3n) is 3.70. The third kappa shape index (κ3) is 4.07. The van der Waals surface area contributed by atoms with E-state index in [4.69, 9.17) is 0 Å². The van der Waals surface area contributed by atoms with E-state index in [1.807, 2.05) is 0 Å². The number of nitrogens with one attached hydrogen (secondary N) is 1. The Hall–Kier alpha value is -2.06. The van der Waals surface area contributed by atoms with Gasteiger partial charge in [-0.1, -0.05) is 17.4 Å². The highest BCUT2D eigenvalue weighted by atomic mass is 32.1. The molecule has 0 aliphatic carbocycles. The number of nitrogens with zero attached hydrogens (tertiary/aromatic N) is 1. The van der Waals surface area contributed by atoms with Crippen LogP contribution in [-0.2, 0) is 11.3 Å². The minimum absolute atomic E-state index is 0.0221. The lowest BCUT2D eigenvalue weighted by Crippen LogP contribution is -2.38. The average molecular weight is 356 g/mol. The Bertz CT molecular complexity index is 768. The number of aryl methyl sites for hydroxylation is 1. The van der Waals surface area contributed by atoms with Crippen molar-refractivity contribution >= 4 is 17.2 Å². The van der Waals surface area contributed by atoms with E-state index < -0.39 is 35.3 Å².